The van der Waals surface area contributed by atoms with Crippen LogP contribution in [0.25, 0.3) is 0 Å². The second-order valence-electron chi connectivity index (χ2n) is 5.16. The second-order valence-corrected chi connectivity index (χ2v) is 5.16. The highest BCUT2D eigenvalue weighted by Gasteiger charge is 2.01. The topological polar surface area (TPSA) is 95.1 Å². The maximum Gasteiger partial charge on any atom is 0.246 e. The lowest BCUT2D eigenvalue weighted by Crippen LogP contribution is -2.31. The van der Waals surface area contributed by atoms with E-state index in [2.05, 4.69) is 10.6 Å². The van der Waals surface area contributed by atoms with E-state index in [1.165, 1.54) is 0 Å². The summed E-state index contributed by atoms with van der Waals surface area (Å²) in [5.74, 6) is 0.325. The number of hydrogen-bond donors (Lipinski definition) is 2. The van der Waals surface area contributed by atoms with Gasteiger partial charge in [0, 0.05) is 13.1 Å². The Morgan fingerprint density at radius 3 is 1.84 bits per heavy atom. The molecule has 8 nitrogen and oxygen atoms in total. The van der Waals surface area contributed by atoms with Crippen LogP contribution in [-0.2, 0) is 28.5 Å². The van der Waals surface area contributed by atoms with Gasteiger partial charge in [-0.05, 0) is 5.92 Å². The predicted molar refractivity (Wildman–Crippen MR) is 96.5 cm³/mol. The lowest BCUT2D eigenvalue weighted by atomic mass is 10.2. The zero-order valence-electron chi connectivity index (χ0n) is 16.2. The van der Waals surface area contributed by atoms with Gasteiger partial charge in [0.15, 0.2) is 0 Å². The highest BCUT2D eigenvalue weighted by Crippen LogP contribution is 1.87. The molecule has 0 aliphatic rings. The zero-order valence-corrected chi connectivity index (χ0v) is 16.2. The minimum absolute atomic E-state index is 0.0584. The number of rotatable bonds is 17. The summed E-state index contributed by atoms with van der Waals surface area (Å²) in [6.45, 7) is 12.5. The monoisotopic (exact) mass is 364 g/mol. The van der Waals surface area contributed by atoms with E-state index in [0.717, 1.165) is 0 Å². The Bertz CT molecular complexity index is 290. The number of ether oxygens (including phenoxy) is 4. The van der Waals surface area contributed by atoms with Gasteiger partial charge in [-0.2, -0.15) is 0 Å². The van der Waals surface area contributed by atoms with Gasteiger partial charge in [-0.1, -0.05) is 27.7 Å². The van der Waals surface area contributed by atoms with Crippen molar-refractivity contribution in [2.75, 3.05) is 65.9 Å². The van der Waals surface area contributed by atoms with Gasteiger partial charge in [0.2, 0.25) is 12.3 Å². The summed E-state index contributed by atoms with van der Waals surface area (Å²) in [6, 6.07) is 0. The molecule has 0 heterocycles. The minimum Gasteiger partial charge on any atom is -0.377 e. The molecule has 8 heteroatoms. The molecule has 0 spiro atoms. The molecule has 25 heavy (non-hydrogen) atoms. The average Bonchev–Trinajstić information content (AvgIpc) is 2.62. The average molecular weight is 364 g/mol. The van der Waals surface area contributed by atoms with Crippen LogP contribution in [0.2, 0.25) is 0 Å². The van der Waals surface area contributed by atoms with E-state index < -0.39 is 0 Å². The van der Waals surface area contributed by atoms with Crippen LogP contribution in [-0.4, -0.2) is 78.3 Å². The van der Waals surface area contributed by atoms with E-state index in [1.54, 1.807) is 0 Å². The van der Waals surface area contributed by atoms with Crippen molar-refractivity contribution in [1.82, 2.24) is 10.6 Å². The molecule has 0 aliphatic heterocycles. The third-order valence-corrected chi connectivity index (χ3v) is 2.53. The van der Waals surface area contributed by atoms with Gasteiger partial charge in [0.25, 0.3) is 0 Å². The van der Waals surface area contributed by atoms with Crippen LogP contribution in [0.15, 0.2) is 0 Å². The predicted octanol–water partition coefficient (Wildman–Crippen LogP) is 0.597. The summed E-state index contributed by atoms with van der Waals surface area (Å²) in [4.78, 5) is 21.3. The van der Waals surface area contributed by atoms with Gasteiger partial charge in [0.05, 0.1) is 46.2 Å². The Morgan fingerprint density at radius 2 is 1.36 bits per heavy atom. The number of hydrogen-bond acceptors (Lipinski definition) is 6. The molecular weight excluding hydrogens is 328 g/mol. The number of carbonyl (C=O) groups is 2. The molecule has 2 amide bonds. The smallest absolute Gasteiger partial charge is 0.246 e. The Kier molecular flexibility index (Phi) is 23.7. The van der Waals surface area contributed by atoms with Crippen molar-refractivity contribution >= 4 is 12.3 Å². The second kappa shape index (κ2) is 22.8. The summed E-state index contributed by atoms with van der Waals surface area (Å²) in [6.07, 6.45) is 0.638. The molecule has 0 aromatic rings. The van der Waals surface area contributed by atoms with Crippen LogP contribution >= 0.6 is 0 Å². The molecule has 0 aromatic heterocycles. The molecule has 0 saturated carbocycles. The van der Waals surface area contributed by atoms with Crippen molar-refractivity contribution in [2.45, 2.75) is 27.7 Å². The van der Waals surface area contributed by atoms with Crippen molar-refractivity contribution < 1.29 is 28.5 Å². The first-order chi connectivity index (χ1) is 12.2. The highest BCUT2D eigenvalue weighted by molar-refractivity contribution is 5.77. The molecule has 0 rings (SSSR count). The molecule has 0 aromatic carbocycles. The van der Waals surface area contributed by atoms with Crippen molar-refractivity contribution in [3.8, 4) is 0 Å². The largest absolute Gasteiger partial charge is 0.377 e. The van der Waals surface area contributed by atoms with Crippen LogP contribution in [0, 0.1) is 5.92 Å². The SMILES string of the molecule is CC.CC(C)CNC(=O)COCCOCCOCCOCCNC=O. The normalized spacial score (nSPS) is 10.1. The minimum atomic E-state index is -0.106. The van der Waals surface area contributed by atoms with Crippen LogP contribution in [0.3, 0.4) is 0 Å². The van der Waals surface area contributed by atoms with Crippen molar-refractivity contribution in [3.05, 3.63) is 0 Å². The molecule has 150 valence electrons. The van der Waals surface area contributed by atoms with Gasteiger partial charge >= 0.3 is 0 Å². The first-order valence-electron chi connectivity index (χ1n) is 8.91. The Labute approximate surface area is 151 Å². The van der Waals surface area contributed by atoms with Crippen LogP contribution < -0.4 is 10.6 Å². The Hall–Kier alpha value is -1.22. The fourth-order valence-electron chi connectivity index (χ4n) is 1.38. The quantitative estimate of drug-likeness (QED) is 0.290. The summed E-state index contributed by atoms with van der Waals surface area (Å²) in [7, 11) is 0. The maximum atomic E-state index is 11.3. The molecule has 0 radical (unpaired) electrons. The molecular formula is C17H36N2O6. The van der Waals surface area contributed by atoms with E-state index in [0.29, 0.717) is 71.7 Å². The Balaban J connectivity index is 0. The van der Waals surface area contributed by atoms with Gasteiger partial charge in [-0.25, -0.2) is 0 Å². The van der Waals surface area contributed by atoms with E-state index >= 15 is 0 Å². The van der Waals surface area contributed by atoms with Crippen molar-refractivity contribution in [1.29, 1.82) is 0 Å². The molecule has 0 unspecified atom stereocenters. The van der Waals surface area contributed by atoms with Crippen molar-refractivity contribution in [3.63, 3.8) is 0 Å². The third-order valence-electron chi connectivity index (χ3n) is 2.53. The van der Waals surface area contributed by atoms with Gasteiger partial charge in [0.1, 0.15) is 6.61 Å². The van der Waals surface area contributed by atoms with Gasteiger partial charge in [-0.3, -0.25) is 9.59 Å². The van der Waals surface area contributed by atoms with Crippen LogP contribution in [0.5, 0.6) is 0 Å². The fourth-order valence-corrected chi connectivity index (χ4v) is 1.38. The fraction of sp³-hybridized carbons (Fsp3) is 0.882. The summed E-state index contributed by atoms with van der Waals surface area (Å²) in [5.41, 5.74) is 0. The lowest BCUT2D eigenvalue weighted by molar-refractivity contribution is -0.126. The summed E-state index contributed by atoms with van der Waals surface area (Å²) < 4.78 is 21.0. The van der Waals surface area contributed by atoms with Crippen LogP contribution in [0.1, 0.15) is 27.7 Å². The van der Waals surface area contributed by atoms with Crippen molar-refractivity contribution in [2.24, 2.45) is 5.92 Å². The van der Waals surface area contributed by atoms with E-state index in [1.807, 2.05) is 27.7 Å². The first kappa shape index (κ1) is 26.0. The molecule has 0 fully saturated rings. The standard InChI is InChI=1S/C15H30N2O6.C2H6/c1-14(2)11-17-15(19)12-23-10-9-22-8-7-21-6-5-20-4-3-16-13-18;1-2/h13-14H,3-12H2,1-2H3,(H,16,18)(H,17,19);1-2H3. The van der Waals surface area contributed by atoms with E-state index in [-0.39, 0.29) is 12.5 Å². The van der Waals surface area contributed by atoms with E-state index in [9.17, 15) is 9.59 Å². The first-order valence-corrected chi connectivity index (χ1v) is 8.91. The molecule has 2 N–H and O–H groups in total. The van der Waals surface area contributed by atoms with Crippen LogP contribution in [0.4, 0.5) is 0 Å². The molecule has 0 aliphatic carbocycles. The number of nitrogens with one attached hydrogen (secondary N) is 2. The maximum absolute atomic E-state index is 11.3. The summed E-state index contributed by atoms with van der Waals surface area (Å²) in [5, 5.41) is 5.27. The highest BCUT2D eigenvalue weighted by atomic mass is 16.6. The van der Waals surface area contributed by atoms with Gasteiger partial charge < -0.3 is 29.6 Å². The molecule has 0 saturated heterocycles. The Morgan fingerprint density at radius 1 is 0.880 bits per heavy atom. The van der Waals surface area contributed by atoms with E-state index in [4.69, 9.17) is 18.9 Å². The molecule has 0 bridgehead atoms. The number of carbonyl (C=O) groups excluding carboxylic acids is 2. The summed E-state index contributed by atoms with van der Waals surface area (Å²) >= 11 is 0. The molecule has 0 atom stereocenters. The third kappa shape index (κ3) is 25.1. The number of amides is 2. The van der Waals surface area contributed by atoms with Gasteiger partial charge in [-0.15, -0.1) is 0 Å². The lowest BCUT2D eigenvalue weighted by Gasteiger charge is -2.09. The zero-order chi connectivity index (χ0) is 19.2.